The van der Waals surface area contributed by atoms with Crippen LogP contribution in [0.25, 0.3) is 6.08 Å². The molecule has 0 radical (unpaired) electrons. The number of thiazole rings is 1. The van der Waals surface area contributed by atoms with Crippen molar-refractivity contribution < 1.29 is 9.59 Å². The quantitative estimate of drug-likeness (QED) is 0.410. The van der Waals surface area contributed by atoms with Gasteiger partial charge in [-0.15, -0.1) is 11.3 Å². The number of anilines is 4. The first-order chi connectivity index (χ1) is 16.1. The van der Waals surface area contributed by atoms with Gasteiger partial charge in [0.25, 0.3) is 0 Å². The summed E-state index contributed by atoms with van der Waals surface area (Å²) in [6, 6.07) is 17.7. The van der Waals surface area contributed by atoms with E-state index in [9.17, 15) is 9.59 Å². The van der Waals surface area contributed by atoms with Gasteiger partial charge in [-0.1, -0.05) is 37.5 Å². The van der Waals surface area contributed by atoms with E-state index in [1.807, 2.05) is 60.0 Å². The molecule has 0 bridgehead atoms. The third-order valence-electron chi connectivity index (χ3n) is 5.56. The Morgan fingerprint density at radius 2 is 1.70 bits per heavy atom. The molecule has 2 N–H and O–H groups in total. The van der Waals surface area contributed by atoms with Gasteiger partial charge in [0.15, 0.2) is 5.13 Å². The predicted octanol–water partition coefficient (Wildman–Crippen LogP) is 6.22. The van der Waals surface area contributed by atoms with Gasteiger partial charge in [0.2, 0.25) is 11.8 Å². The smallest absolute Gasteiger partial charge is 0.248 e. The van der Waals surface area contributed by atoms with Crippen molar-refractivity contribution in [2.24, 2.45) is 0 Å². The van der Waals surface area contributed by atoms with Crippen LogP contribution in [-0.4, -0.2) is 22.8 Å². The van der Waals surface area contributed by atoms with Gasteiger partial charge in [0, 0.05) is 35.8 Å². The van der Waals surface area contributed by atoms with Gasteiger partial charge in [0.1, 0.15) is 0 Å². The van der Waals surface area contributed by atoms with E-state index in [1.165, 1.54) is 56.4 Å². The van der Waals surface area contributed by atoms with E-state index in [-0.39, 0.29) is 11.8 Å². The zero-order valence-electron chi connectivity index (χ0n) is 18.7. The minimum Gasteiger partial charge on any atom is -0.382 e. The Hall–Kier alpha value is -3.45. The highest BCUT2D eigenvalue weighted by Crippen LogP contribution is 2.29. The lowest BCUT2D eigenvalue weighted by atomic mass is 9.95. The number of rotatable bonds is 7. The van der Waals surface area contributed by atoms with Crippen LogP contribution in [0.1, 0.15) is 44.7 Å². The van der Waals surface area contributed by atoms with E-state index < -0.39 is 0 Å². The lowest BCUT2D eigenvalue weighted by Crippen LogP contribution is -2.22. The second-order valence-electron chi connectivity index (χ2n) is 8.12. The molecule has 170 valence electrons. The maximum absolute atomic E-state index is 12.4. The summed E-state index contributed by atoms with van der Waals surface area (Å²) in [4.78, 5) is 30.6. The van der Waals surface area contributed by atoms with Gasteiger partial charge in [-0.3, -0.25) is 14.5 Å². The molecular weight excluding hydrogens is 432 g/mol. The second-order valence-corrected chi connectivity index (χ2v) is 8.96. The van der Waals surface area contributed by atoms with Crippen LogP contribution in [0.4, 0.5) is 22.2 Å². The Bertz CT molecular complexity index is 1100. The number of carbonyl (C=O) groups is 2. The maximum atomic E-state index is 12.4. The molecule has 0 saturated heterocycles. The van der Waals surface area contributed by atoms with Gasteiger partial charge < -0.3 is 10.6 Å². The summed E-state index contributed by atoms with van der Waals surface area (Å²) < 4.78 is 0. The molecule has 2 aromatic carbocycles. The van der Waals surface area contributed by atoms with E-state index in [1.54, 1.807) is 11.0 Å². The highest BCUT2D eigenvalue weighted by Gasteiger charge is 2.17. The zero-order valence-corrected chi connectivity index (χ0v) is 19.5. The minimum absolute atomic E-state index is 0.120. The van der Waals surface area contributed by atoms with Crippen LogP contribution in [0.15, 0.2) is 66.1 Å². The van der Waals surface area contributed by atoms with Crippen molar-refractivity contribution >= 4 is 51.4 Å². The molecule has 6 nitrogen and oxygen atoms in total. The molecule has 1 aromatic heterocycles. The largest absolute Gasteiger partial charge is 0.382 e. The first kappa shape index (κ1) is 22.7. The number of carbonyl (C=O) groups excluding carboxylic acids is 2. The van der Waals surface area contributed by atoms with Crippen molar-refractivity contribution in [2.45, 2.75) is 45.1 Å². The monoisotopic (exact) mass is 460 g/mol. The number of hydrogen-bond acceptors (Lipinski definition) is 5. The summed E-state index contributed by atoms with van der Waals surface area (Å²) in [6.45, 7) is 1.51. The molecule has 3 aromatic rings. The van der Waals surface area contributed by atoms with Crippen LogP contribution in [-0.2, 0) is 9.59 Å². The summed E-state index contributed by atoms with van der Waals surface area (Å²) in [7, 11) is 0. The van der Waals surface area contributed by atoms with Crippen LogP contribution in [0.3, 0.4) is 0 Å². The number of aromatic nitrogens is 1. The number of nitrogens with one attached hydrogen (secondary N) is 2. The molecule has 0 aliphatic heterocycles. The van der Waals surface area contributed by atoms with Crippen molar-refractivity contribution in [1.82, 2.24) is 4.98 Å². The van der Waals surface area contributed by atoms with Gasteiger partial charge in [0.05, 0.1) is 11.4 Å². The topological polar surface area (TPSA) is 74.3 Å². The molecule has 0 atom stereocenters. The summed E-state index contributed by atoms with van der Waals surface area (Å²) in [6.07, 6.45) is 9.45. The standard InChI is InChI=1S/C26H28N4O2S/c1-19(31)30(24-10-6-3-7-11-24)26-29-23(18-33-26)16-17-25(32)28-22-14-12-21(13-15-22)27-20-8-4-2-5-9-20/h3,6-7,10-18,20,27H,2,4-5,8-9H2,1H3,(H,28,32)/b17-16+. The molecule has 1 aliphatic carbocycles. The van der Waals surface area contributed by atoms with Crippen molar-refractivity contribution in [3.8, 4) is 0 Å². The van der Waals surface area contributed by atoms with E-state index >= 15 is 0 Å². The molecule has 1 fully saturated rings. The predicted molar refractivity (Wildman–Crippen MR) is 136 cm³/mol. The van der Waals surface area contributed by atoms with Crippen molar-refractivity contribution in [1.29, 1.82) is 0 Å². The van der Waals surface area contributed by atoms with E-state index in [2.05, 4.69) is 15.6 Å². The fourth-order valence-corrected chi connectivity index (χ4v) is 4.79. The van der Waals surface area contributed by atoms with Crippen LogP contribution in [0, 0.1) is 0 Å². The Labute approximate surface area is 198 Å². The Kier molecular flexibility index (Phi) is 7.52. The average Bonchev–Trinajstić information content (AvgIpc) is 3.29. The molecule has 1 aliphatic rings. The Morgan fingerprint density at radius 3 is 2.39 bits per heavy atom. The third kappa shape index (κ3) is 6.29. The SMILES string of the molecule is CC(=O)N(c1ccccc1)c1nc(/C=C/C(=O)Nc2ccc(NC3CCCCC3)cc2)cs1. The van der Waals surface area contributed by atoms with Crippen molar-refractivity contribution in [3.05, 3.63) is 71.7 Å². The summed E-state index contributed by atoms with van der Waals surface area (Å²) in [5.41, 5.74) is 3.21. The summed E-state index contributed by atoms with van der Waals surface area (Å²) in [5, 5.41) is 8.84. The maximum Gasteiger partial charge on any atom is 0.248 e. The fourth-order valence-electron chi connectivity index (χ4n) is 3.94. The molecule has 1 heterocycles. The number of para-hydroxylation sites is 1. The summed E-state index contributed by atoms with van der Waals surface area (Å²) in [5.74, 6) is -0.353. The van der Waals surface area contributed by atoms with Crippen LogP contribution >= 0.6 is 11.3 Å². The van der Waals surface area contributed by atoms with Crippen molar-refractivity contribution in [3.63, 3.8) is 0 Å². The highest BCUT2D eigenvalue weighted by molar-refractivity contribution is 7.14. The van der Waals surface area contributed by atoms with Gasteiger partial charge in [-0.25, -0.2) is 4.98 Å². The highest BCUT2D eigenvalue weighted by atomic mass is 32.1. The number of amides is 2. The molecule has 4 rings (SSSR count). The van der Waals surface area contributed by atoms with Crippen LogP contribution < -0.4 is 15.5 Å². The lowest BCUT2D eigenvalue weighted by Gasteiger charge is -2.23. The summed E-state index contributed by atoms with van der Waals surface area (Å²) >= 11 is 1.36. The average molecular weight is 461 g/mol. The van der Waals surface area contributed by atoms with E-state index in [0.29, 0.717) is 16.9 Å². The second kappa shape index (κ2) is 10.9. The molecule has 2 amide bonds. The van der Waals surface area contributed by atoms with Gasteiger partial charge >= 0.3 is 0 Å². The number of benzene rings is 2. The van der Waals surface area contributed by atoms with Crippen molar-refractivity contribution in [2.75, 3.05) is 15.5 Å². The van der Waals surface area contributed by atoms with Gasteiger partial charge in [-0.05, 0) is 55.3 Å². The molecular formula is C26H28N4O2S. The van der Waals surface area contributed by atoms with E-state index in [4.69, 9.17) is 0 Å². The Morgan fingerprint density at radius 1 is 1.00 bits per heavy atom. The number of nitrogens with zero attached hydrogens (tertiary/aromatic N) is 2. The number of hydrogen-bond donors (Lipinski definition) is 2. The van der Waals surface area contributed by atoms with E-state index in [0.717, 1.165) is 17.1 Å². The molecule has 7 heteroatoms. The fraction of sp³-hybridized carbons (Fsp3) is 0.269. The Balaban J connectivity index is 1.34. The lowest BCUT2D eigenvalue weighted by molar-refractivity contribution is -0.116. The first-order valence-electron chi connectivity index (χ1n) is 11.3. The molecule has 33 heavy (non-hydrogen) atoms. The molecule has 0 spiro atoms. The normalized spacial score (nSPS) is 14.2. The first-order valence-corrected chi connectivity index (χ1v) is 12.1. The molecule has 0 unspecified atom stereocenters. The van der Waals surface area contributed by atoms with Crippen LogP contribution in [0.5, 0.6) is 0 Å². The zero-order chi connectivity index (χ0) is 23.0. The van der Waals surface area contributed by atoms with Gasteiger partial charge in [-0.2, -0.15) is 0 Å². The van der Waals surface area contributed by atoms with Crippen LogP contribution in [0.2, 0.25) is 0 Å². The molecule has 1 saturated carbocycles. The third-order valence-corrected chi connectivity index (χ3v) is 6.41. The minimum atomic E-state index is -0.232.